The Hall–Kier alpha value is -4.48. The van der Waals surface area contributed by atoms with E-state index in [9.17, 15) is 18.0 Å². The van der Waals surface area contributed by atoms with Gasteiger partial charge in [0, 0.05) is 23.4 Å². The van der Waals surface area contributed by atoms with Crippen LogP contribution in [-0.4, -0.2) is 37.1 Å². The number of rotatable bonds is 7. The largest absolute Gasteiger partial charge is 0.416 e. The van der Waals surface area contributed by atoms with Crippen LogP contribution in [0.3, 0.4) is 0 Å². The van der Waals surface area contributed by atoms with E-state index in [-0.39, 0.29) is 11.3 Å². The average molecular weight is 494 g/mol. The molecule has 0 aliphatic heterocycles. The number of aryl methyl sites for hydroxylation is 1. The molecule has 0 bridgehead atoms. The van der Waals surface area contributed by atoms with Crippen LogP contribution in [-0.2, 0) is 6.18 Å². The summed E-state index contributed by atoms with van der Waals surface area (Å²) in [6.07, 6.45) is 0.427. The fourth-order valence-electron chi connectivity index (χ4n) is 3.61. The molecule has 0 unspecified atom stereocenters. The van der Waals surface area contributed by atoms with Gasteiger partial charge in [0.2, 0.25) is 5.95 Å². The minimum atomic E-state index is -4.51. The monoisotopic (exact) mass is 494 g/mol. The van der Waals surface area contributed by atoms with Crippen molar-refractivity contribution < 1.29 is 18.0 Å². The number of nitrogens with zero attached hydrogens (tertiary/aromatic N) is 5. The Balaban J connectivity index is 1.48. The Morgan fingerprint density at radius 1 is 1.06 bits per heavy atom. The smallest absolute Gasteiger partial charge is 0.367 e. The number of halogens is 3. The lowest BCUT2D eigenvalue weighted by Crippen LogP contribution is -2.18. The summed E-state index contributed by atoms with van der Waals surface area (Å²) in [5, 5.41) is 12.6. The second-order valence-corrected chi connectivity index (χ2v) is 8.36. The number of H-pyrrole nitrogens is 1. The molecule has 1 fully saturated rings. The number of carbonyl (C=O) groups excluding carboxylic acids is 1. The molecule has 1 amide bonds. The van der Waals surface area contributed by atoms with E-state index >= 15 is 0 Å². The lowest BCUT2D eigenvalue weighted by atomic mass is 10.1. The van der Waals surface area contributed by atoms with Crippen LogP contribution in [0.25, 0.3) is 0 Å². The van der Waals surface area contributed by atoms with Crippen molar-refractivity contribution in [1.29, 1.82) is 0 Å². The average Bonchev–Trinajstić information content (AvgIpc) is 3.50. The van der Waals surface area contributed by atoms with Crippen LogP contribution in [0.4, 0.5) is 42.1 Å². The van der Waals surface area contributed by atoms with Crippen molar-refractivity contribution in [2.45, 2.75) is 32.0 Å². The summed E-state index contributed by atoms with van der Waals surface area (Å²) in [5.41, 5.74) is 0.816. The maximum absolute atomic E-state index is 13.1. The van der Waals surface area contributed by atoms with Gasteiger partial charge in [-0.3, -0.25) is 9.69 Å². The summed E-state index contributed by atoms with van der Waals surface area (Å²) in [5.74, 6) is 0.947. The van der Waals surface area contributed by atoms with Gasteiger partial charge in [-0.25, -0.2) is 15.1 Å². The van der Waals surface area contributed by atoms with E-state index < -0.39 is 17.6 Å². The predicted octanol–water partition coefficient (Wildman–Crippen LogP) is 5.22. The molecular weight excluding hydrogens is 473 g/mol. The zero-order chi connectivity index (χ0) is 25.3. The number of hydrogen-bond donors (Lipinski definition) is 3. The molecule has 36 heavy (non-hydrogen) atoms. The third kappa shape index (κ3) is 5.11. The third-order valence-corrected chi connectivity index (χ3v) is 5.59. The molecule has 12 heteroatoms. The number of carbonyl (C=O) groups is 1. The number of hydrogen-bond acceptors (Lipinski definition) is 7. The van der Waals surface area contributed by atoms with Crippen molar-refractivity contribution in [2.24, 2.45) is 0 Å². The predicted molar refractivity (Wildman–Crippen MR) is 127 cm³/mol. The Morgan fingerprint density at radius 3 is 2.61 bits per heavy atom. The molecule has 0 saturated heterocycles. The Kier molecular flexibility index (Phi) is 6.00. The highest BCUT2D eigenvalue weighted by atomic mass is 19.4. The maximum Gasteiger partial charge on any atom is 0.416 e. The van der Waals surface area contributed by atoms with Crippen LogP contribution >= 0.6 is 0 Å². The third-order valence-electron chi connectivity index (χ3n) is 5.59. The fourth-order valence-corrected chi connectivity index (χ4v) is 3.61. The lowest BCUT2D eigenvalue weighted by Gasteiger charge is -2.23. The Labute approximate surface area is 203 Å². The van der Waals surface area contributed by atoms with Crippen LogP contribution < -0.4 is 15.5 Å². The van der Waals surface area contributed by atoms with Crippen LogP contribution in [0.5, 0.6) is 0 Å². The minimum absolute atomic E-state index is 0.0376. The summed E-state index contributed by atoms with van der Waals surface area (Å²) >= 11 is 0. The van der Waals surface area contributed by atoms with Gasteiger partial charge >= 0.3 is 6.18 Å². The van der Waals surface area contributed by atoms with Crippen molar-refractivity contribution >= 4 is 34.9 Å². The van der Waals surface area contributed by atoms with Crippen molar-refractivity contribution in [3.05, 3.63) is 77.9 Å². The molecule has 2 aromatic heterocycles. The van der Waals surface area contributed by atoms with E-state index in [2.05, 4.69) is 35.8 Å². The molecule has 0 radical (unpaired) electrons. The van der Waals surface area contributed by atoms with Gasteiger partial charge in [0.15, 0.2) is 0 Å². The molecule has 1 aliphatic carbocycles. The molecular formula is C24H21F3N8O. The molecule has 0 atom stereocenters. The lowest BCUT2D eigenvalue weighted by molar-refractivity contribution is -0.137. The zero-order valence-electron chi connectivity index (χ0n) is 19.0. The first-order valence-electron chi connectivity index (χ1n) is 11.1. The van der Waals surface area contributed by atoms with Gasteiger partial charge in [-0.1, -0.05) is 12.1 Å². The SMILES string of the molecule is Cc1ccc(C(=O)Nc2cccc(C(F)(F)F)c2)cc1N(c1cc(NC2CC2)ncn1)c1ncn[nH]1. The number of benzene rings is 2. The normalized spacial score (nSPS) is 13.3. The second kappa shape index (κ2) is 9.29. The first-order valence-corrected chi connectivity index (χ1v) is 11.1. The first-order chi connectivity index (χ1) is 17.3. The van der Waals surface area contributed by atoms with Crippen LogP contribution in [0.2, 0.25) is 0 Å². The van der Waals surface area contributed by atoms with Crippen LogP contribution in [0.1, 0.15) is 34.3 Å². The summed E-state index contributed by atoms with van der Waals surface area (Å²) in [7, 11) is 0. The van der Waals surface area contributed by atoms with E-state index in [0.717, 1.165) is 30.5 Å². The second-order valence-electron chi connectivity index (χ2n) is 8.36. The van der Waals surface area contributed by atoms with Gasteiger partial charge < -0.3 is 10.6 Å². The molecule has 2 heterocycles. The van der Waals surface area contributed by atoms with E-state index in [0.29, 0.717) is 29.3 Å². The molecule has 184 valence electrons. The van der Waals surface area contributed by atoms with Crippen molar-refractivity contribution in [2.75, 3.05) is 15.5 Å². The molecule has 4 aromatic rings. The first kappa shape index (κ1) is 23.3. The van der Waals surface area contributed by atoms with Crippen LogP contribution in [0, 0.1) is 6.92 Å². The van der Waals surface area contributed by atoms with Crippen molar-refractivity contribution in [1.82, 2.24) is 25.1 Å². The maximum atomic E-state index is 13.1. The number of anilines is 5. The topological polar surface area (TPSA) is 112 Å². The van der Waals surface area contributed by atoms with Gasteiger partial charge in [-0.15, -0.1) is 0 Å². The van der Waals surface area contributed by atoms with Crippen molar-refractivity contribution in [3.63, 3.8) is 0 Å². The zero-order valence-corrected chi connectivity index (χ0v) is 19.0. The van der Waals surface area contributed by atoms with E-state index in [1.54, 1.807) is 29.2 Å². The molecule has 9 nitrogen and oxygen atoms in total. The standard InChI is InChI=1S/C24H21F3N8O/c1-14-5-6-15(22(36)33-18-4-2-3-16(10-18)24(25,26)27)9-19(14)35(23-30-13-31-34-23)21-11-20(28-12-29-21)32-17-7-8-17/h2-6,9-13,17H,7-8H2,1H3,(H,33,36)(H,28,29,32)(H,30,31,34). The molecule has 1 saturated carbocycles. The van der Waals surface area contributed by atoms with Crippen molar-refractivity contribution in [3.8, 4) is 0 Å². The molecule has 5 rings (SSSR count). The Bertz CT molecular complexity index is 1390. The summed E-state index contributed by atoms with van der Waals surface area (Å²) < 4.78 is 39.2. The minimum Gasteiger partial charge on any atom is -0.367 e. The molecule has 1 aliphatic rings. The highest BCUT2D eigenvalue weighted by molar-refractivity contribution is 6.05. The fraction of sp³-hybridized carbons (Fsp3) is 0.208. The number of amides is 1. The highest BCUT2D eigenvalue weighted by Gasteiger charge is 2.30. The van der Waals surface area contributed by atoms with Gasteiger partial charge in [0.1, 0.15) is 24.3 Å². The molecule has 2 aromatic carbocycles. The quantitative estimate of drug-likeness (QED) is 0.323. The summed E-state index contributed by atoms with van der Waals surface area (Å²) in [6.45, 7) is 1.86. The number of aromatic nitrogens is 5. The molecule has 3 N–H and O–H groups in total. The summed E-state index contributed by atoms with van der Waals surface area (Å²) in [6, 6.07) is 11.6. The van der Waals surface area contributed by atoms with Crippen LogP contribution in [0.15, 0.2) is 61.2 Å². The summed E-state index contributed by atoms with van der Waals surface area (Å²) in [4.78, 5) is 27.6. The highest BCUT2D eigenvalue weighted by Crippen LogP contribution is 2.35. The van der Waals surface area contributed by atoms with E-state index in [4.69, 9.17) is 0 Å². The number of nitrogens with one attached hydrogen (secondary N) is 3. The van der Waals surface area contributed by atoms with Gasteiger partial charge in [0.05, 0.1) is 11.3 Å². The van der Waals surface area contributed by atoms with E-state index in [1.807, 2.05) is 6.92 Å². The van der Waals surface area contributed by atoms with Gasteiger partial charge in [-0.05, 0) is 55.7 Å². The number of aromatic amines is 1. The molecule has 0 spiro atoms. The Morgan fingerprint density at radius 2 is 1.89 bits per heavy atom. The van der Waals surface area contributed by atoms with Gasteiger partial charge in [0.25, 0.3) is 5.91 Å². The van der Waals surface area contributed by atoms with E-state index in [1.165, 1.54) is 24.8 Å². The number of alkyl halides is 3. The van der Waals surface area contributed by atoms with Gasteiger partial charge in [-0.2, -0.15) is 23.3 Å².